The van der Waals surface area contributed by atoms with Crippen molar-refractivity contribution in [2.24, 2.45) is 23.2 Å². The van der Waals surface area contributed by atoms with E-state index < -0.39 is 0 Å². The summed E-state index contributed by atoms with van der Waals surface area (Å²) in [6.45, 7) is 4.48. The molecular weight excluding hydrogens is 276 g/mol. The lowest BCUT2D eigenvalue weighted by Gasteiger charge is -2.51. The van der Waals surface area contributed by atoms with Gasteiger partial charge < -0.3 is 15.3 Å². The van der Waals surface area contributed by atoms with Gasteiger partial charge in [-0.25, -0.2) is 0 Å². The Morgan fingerprint density at radius 3 is 2.73 bits per heavy atom. The molecule has 0 radical (unpaired) electrons. The summed E-state index contributed by atoms with van der Waals surface area (Å²) in [7, 11) is 0. The largest absolute Gasteiger partial charge is 0.508 e. The van der Waals surface area contributed by atoms with Crippen molar-refractivity contribution in [1.29, 1.82) is 0 Å². The lowest BCUT2D eigenvalue weighted by Crippen LogP contribution is -2.47. The Hall–Kier alpha value is -1.48. The van der Waals surface area contributed by atoms with E-state index >= 15 is 0 Å². The molecule has 1 unspecified atom stereocenters. The smallest absolute Gasteiger partial charge is 0.119 e. The average molecular weight is 302 g/mol. The maximum Gasteiger partial charge on any atom is 0.119 e. The molecule has 1 fully saturated rings. The molecule has 0 heterocycles. The lowest BCUT2D eigenvalue weighted by atomic mass is 9.54. The van der Waals surface area contributed by atoms with Gasteiger partial charge in [-0.15, -0.1) is 0 Å². The average Bonchev–Trinajstić information content (AvgIpc) is 2.48. The highest BCUT2D eigenvalue weighted by molar-refractivity contribution is 5.39. The highest BCUT2D eigenvalue weighted by Crippen LogP contribution is 2.52. The Balaban J connectivity index is 1.95. The molecule has 3 nitrogen and oxygen atoms in total. The van der Waals surface area contributed by atoms with E-state index in [9.17, 15) is 15.3 Å². The van der Waals surface area contributed by atoms with E-state index in [0.717, 1.165) is 24.8 Å². The molecule has 0 spiro atoms. The van der Waals surface area contributed by atoms with Crippen LogP contribution in [0.2, 0.25) is 0 Å². The summed E-state index contributed by atoms with van der Waals surface area (Å²) in [5, 5.41) is 30.2. The van der Waals surface area contributed by atoms with Crippen molar-refractivity contribution in [3.05, 3.63) is 35.9 Å². The molecule has 0 amide bonds. The summed E-state index contributed by atoms with van der Waals surface area (Å²) in [4.78, 5) is 0. The van der Waals surface area contributed by atoms with Crippen molar-refractivity contribution in [1.82, 2.24) is 0 Å². The van der Waals surface area contributed by atoms with Crippen LogP contribution in [0.15, 0.2) is 30.4 Å². The fourth-order valence-electron chi connectivity index (χ4n) is 4.50. The van der Waals surface area contributed by atoms with Crippen LogP contribution >= 0.6 is 0 Å². The Morgan fingerprint density at radius 1 is 1.18 bits per heavy atom. The van der Waals surface area contributed by atoms with Crippen LogP contribution in [0.5, 0.6) is 11.5 Å². The van der Waals surface area contributed by atoms with Crippen LogP contribution < -0.4 is 0 Å². The molecule has 1 aromatic rings. The zero-order valence-electron chi connectivity index (χ0n) is 13.4. The van der Waals surface area contributed by atoms with Gasteiger partial charge in [-0.05, 0) is 60.3 Å². The number of aromatic hydroxyl groups is 2. The van der Waals surface area contributed by atoms with Crippen LogP contribution in [0.4, 0.5) is 0 Å². The number of hydrogen-bond donors (Lipinski definition) is 3. The molecule has 3 rings (SSSR count). The van der Waals surface area contributed by atoms with Crippen molar-refractivity contribution in [2.45, 2.75) is 45.6 Å². The topological polar surface area (TPSA) is 60.7 Å². The summed E-state index contributed by atoms with van der Waals surface area (Å²) in [5.41, 5.74) is 0.773. The third-order valence-corrected chi connectivity index (χ3v) is 6.07. The Morgan fingerprint density at radius 2 is 1.95 bits per heavy atom. The van der Waals surface area contributed by atoms with Crippen molar-refractivity contribution in [2.75, 3.05) is 0 Å². The Labute approximate surface area is 132 Å². The van der Waals surface area contributed by atoms with E-state index in [1.807, 2.05) is 0 Å². The van der Waals surface area contributed by atoms with Crippen molar-refractivity contribution < 1.29 is 15.3 Å². The lowest BCUT2D eigenvalue weighted by molar-refractivity contribution is -0.0229. The van der Waals surface area contributed by atoms with Gasteiger partial charge in [0.1, 0.15) is 11.5 Å². The van der Waals surface area contributed by atoms with Gasteiger partial charge in [-0.2, -0.15) is 0 Å². The molecular formula is C19H26O3. The maximum absolute atomic E-state index is 10.3. The number of benzene rings is 1. The van der Waals surface area contributed by atoms with E-state index in [1.54, 1.807) is 12.1 Å². The molecule has 3 N–H and O–H groups in total. The Kier molecular flexibility index (Phi) is 3.94. The number of fused-ring (bicyclic) bond motifs is 1. The van der Waals surface area contributed by atoms with Crippen LogP contribution in [-0.4, -0.2) is 21.4 Å². The third-order valence-electron chi connectivity index (χ3n) is 6.07. The Bertz CT molecular complexity index is 580. The van der Waals surface area contributed by atoms with Crippen LogP contribution in [0.1, 0.15) is 38.7 Å². The normalized spacial score (nSPS) is 37.8. The zero-order valence-corrected chi connectivity index (χ0v) is 13.4. The second-order valence-electron chi connectivity index (χ2n) is 7.35. The fraction of sp³-hybridized carbons (Fsp3) is 0.579. The van der Waals surface area contributed by atoms with E-state index in [0.29, 0.717) is 18.3 Å². The number of hydrogen-bond acceptors (Lipinski definition) is 3. The molecule has 22 heavy (non-hydrogen) atoms. The van der Waals surface area contributed by atoms with Crippen LogP contribution in [0.3, 0.4) is 0 Å². The number of allylic oxidation sites excluding steroid dienone is 1. The second kappa shape index (κ2) is 5.62. The monoisotopic (exact) mass is 302 g/mol. The van der Waals surface area contributed by atoms with Gasteiger partial charge in [0.2, 0.25) is 0 Å². The first-order valence-electron chi connectivity index (χ1n) is 8.29. The van der Waals surface area contributed by atoms with E-state index in [-0.39, 0.29) is 28.9 Å². The van der Waals surface area contributed by atoms with Crippen molar-refractivity contribution in [3.63, 3.8) is 0 Å². The van der Waals surface area contributed by atoms with Gasteiger partial charge in [-0.1, -0.05) is 32.4 Å². The molecule has 2 aliphatic carbocycles. The third kappa shape index (κ3) is 2.52. The second-order valence-corrected chi connectivity index (χ2v) is 7.35. The first-order chi connectivity index (χ1) is 10.4. The molecule has 0 saturated heterocycles. The van der Waals surface area contributed by atoms with E-state index in [2.05, 4.69) is 26.0 Å². The molecule has 2 aliphatic rings. The molecule has 0 bridgehead atoms. The summed E-state index contributed by atoms with van der Waals surface area (Å²) in [6.07, 6.45) is 7.94. The molecule has 5 atom stereocenters. The number of phenolic OH excluding ortho intramolecular Hbond substituents is 2. The number of rotatable bonds is 2. The predicted octanol–water partition coefficient (Wildman–Crippen LogP) is 3.63. The van der Waals surface area contributed by atoms with Gasteiger partial charge in [0.25, 0.3) is 0 Å². The zero-order chi connectivity index (χ0) is 15.9. The summed E-state index contributed by atoms with van der Waals surface area (Å²) in [5.74, 6) is 1.44. The summed E-state index contributed by atoms with van der Waals surface area (Å²) in [6, 6.07) is 4.74. The molecule has 120 valence electrons. The standard InChI is InChI=1S/C19H26O3/c1-12-6-8-15-16(4-3-5-18(15)22)19(12,2)11-13-10-14(20)7-9-17(13)21/h6-10,12,15-16,18,20-22H,3-5,11H2,1-2H3/t12-,15+,16-,18?,19-/m0/s1. The highest BCUT2D eigenvalue weighted by Gasteiger charge is 2.47. The minimum atomic E-state index is -0.250. The fourth-order valence-corrected chi connectivity index (χ4v) is 4.50. The van der Waals surface area contributed by atoms with Crippen molar-refractivity contribution in [3.8, 4) is 11.5 Å². The number of aliphatic hydroxyl groups is 1. The first kappa shape index (κ1) is 15.4. The quantitative estimate of drug-likeness (QED) is 0.577. The molecule has 0 aromatic heterocycles. The van der Waals surface area contributed by atoms with Crippen LogP contribution in [0.25, 0.3) is 0 Å². The molecule has 1 saturated carbocycles. The van der Waals surface area contributed by atoms with Gasteiger partial charge in [0.15, 0.2) is 0 Å². The molecule has 3 heteroatoms. The molecule has 0 aliphatic heterocycles. The van der Waals surface area contributed by atoms with Gasteiger partial charge >= 0.3 is 0 Å². The summed E-state index contributed by atoms with van der Waals surface area (Å²) < 4.78 is 0. The summed E-state index contributed by atoms with van der Waals surface area (Å²) >= 11 is 0. The highest BCUT2D eigenvalue weighted by atomic mass is 16.3. The number of aliphatic hydroxyl groups excluding tert-OH is 1. The van der Waals surface area contributed by atoms with Crippen LogP contribution in [0, 0.1) is 23.2 Å². The maximum atomic E-state index is 10.3. The molecule has 1 aromatic carbocycles. The van der Waals surface area contributed by atoms with Crippen LogP contribution in [-0.2, 0) is 6.42 Å². The van der Waals surface area contributed by atoms with Gasteiger partial charge in [0, 0.05) is 5.92 Å². The minimum absolute atomic E-state index is 0.0217. The SMILES string of the molecule is C[C@H]1C=C[C@H]2C(O)CCC[C@@H]2[C@@]1(C)Cc1cc(O)ccc1O. The first-order valence-corrected chi connectivity index (χ1v) is 8.29. The predicted molar refractivity (Wildman–Crippen MR) is 86.7 cm³/mol. The van der Waals surface area contributed by atoms with E-state index in [4.69, 9.17) is 0 Å². The number of phenols is 2. The van der Waals surface area contributed by atoms with E-state index in [1.165, 1.54) is 6.07 Å². The van der Waals surface area contributed by atoms with Gasteiger partial charge in [0.05, 0.1) is 6.10 Å². The van der Waals surface area contributed by atoms with Gasteiger partial charge in [-0.3, -0.25) is 0 Å². The van der Waals surface area contributed by atoms with Crippen molar-refractivity contribution >= 4 is 0 Å². The minimum Gasteiger partial charge on any atom is -0.508 e.